The molecule has 0 saturated carbocycles. The van der Waals surface area contributed by atoms with Gasteiger partial charge >= 0.3 is 29.6 Å². The largest absolute Gasteiger partial charge is 1.00 e. The zero-order valence-electron chi connectivity index (χ0n) is 8.64. The first-order valence-corrected chi connectivity index (χ1v) is 4.05. The van der Waals surface area contributed by atoms with Crippen molar-refractivity contribution in [1.82, 2.24) is 0 Å². The Morgan fingerprint density at radius 3 is 2.53 bits per heavy atom. The molecule has 0 atom stereocenters. The SMILES string of the molecule is O=[C-]C(=O)Nc1ccc(Cl)cc1[N+](=O)[O-].[Na+].[OH-]. The summed E-state index contributed by atoms with van der Waals surface area (Å²) in [6.45, 7) is 0. The Bertz CT molecular complexity index is 440. The van der Waals surface area contributed by atoms with Gasteiger partial charge in [-0.25, -0.2) is 0 Å². The number of nitro benzene ring substituents is 1. The molecule has 86 valence electrons. The molecule has 0 fully saturated rings. The summed E-state index contributed by atoms with van der Waals surface area (Å²) in [7, 11) is 0. The van der Waals surface area contributed by atoms with Crippen LogP contribution in [0.15, 0.2) is 18.2 Å². The van der Waals surface area contributed by atoms with Crippen LogP contribution in [-0.2, 0) is 9.59 Å². The van der Waals surface area contributed by atoms with Gasteiger partial charge in [0.15, 0.2) is 0 Å². The van der Waals surface area contributed by atoms with E-state index < -0.39 is 10.8 Å². The van der Waals surface area contributed by atoms with Crippen molar-refractivity contribution in [2.75, 3.05) is 5.32 Å². The van der Waals surface area contributed by atoms with E-state index in [9.17, 15) is 19.7 Å². The van der Waals surface area contributed by atoms with Crippen LogP contribution in [0.25, 0.3) is 0 Å². The van der Waals surface area contributed by atoms with Crippen LogP contribution in [-0.4, -0.2) is 22.6 Å². The zero-order valence-corrected chi connectivity index (χ0v) is 11.4. The van der Waals surface area contributed by atoms with Gasteiger partial charge in [-0.2, -0.15) is 6.29 Å². The van der Waals surface area contributed by atoms with E-state index in [4.69, 9.17) is 11.6 Å². The second-order valence-electron chi connectivity index (χ2n) is 2.47. The fraction of sp³-hybridized carbons (Fsp3) is 0. The number of carbonyl (C=O) groups is 1. The molecular formula is C8H5ClN2NaO5-. The molecule has 0 heterocycles. The Morgan fingerprint density at radius 2 is 2.06 bits per heavy atom. The van der Waals surface area contributed by atoms with Crippen molar-refractivity contribution in [3.8, 4) is 0 Å². The monoisotopic (exact) mass is 267 g/mol. The molecule has 0 aliphatic carbocycles. The predicted molar refractivity (Wildman–Crippen MR) is 54.4 cm³/mol. The van der Waals surface area contributed by atoms with Gasteiger partial charge < -0.3 is 20.4 Å². The van der Waals surface area contributed by atoms with Crippen LogP contribution in [0.2, 0.25) is 5.02 Å². The minimum absolute atomic E-state index is 0. The summed E-state index contributed by atoms with van der Waals surface area (Å²) in [5.41, 5.74) is -0.483. The molecule has 0 aliphatic rings. The third-order valence-corrected chi connectivity index (χ3v) is 1.73. The van der Waals surface area contributed by atoms with E-state index >= 15 is 0 Å². The van der Waals surface area contributed by atoms with E-state index in [1.54, 1.807) is 0 Å². The Labute approximate surface area is 123 Å². The number of anilines is 1. The molecule has 1 aromatic carbocycles. The van der Waals surface area contributed by atoms with Gasteiger partial charge in [-0.1, -0.05) is 11.6 Å². The first-order chi connectivity index (χ1) is 7.04. The van der Waals surface area contributed by atoms with Crippen LogP contribution in [0.1, 0.15) is 0 Å². The van der Waals surface area contributed by atoms with Crippen LogP contribution >= 0.6 is 11.6 Å². The molecule has 2 N–H and O–H groups in total. The summed E-state index contributed by atoms with van der Waals surface area (Å²) in [6, 6.07) is 3.66. The molecule has 17 heavy (non-hydrogen) atoms. The summed E-state index contributed by atoms with van der Waals surface area (Å²) < 4.78 is 0. The van der Waals surface area contributed by atoms with E-state index in [-0.39, 0.29) is 51.4 Å². The standard InChI is InChI=1S/C8H4ClN2O4.Na.H2O/c9-5-1-2-6(10-8(13)4-12)7(3-5)11(14)15;;/h1-3H,(H,10,13);;1H2/q-1;+1;/p-1. The number of halogens is 1. The van der Waals surface area contributed by atoms with Gasteiger partial charge in [0.25, 0.3) is 5.69 Å². The number of carbonyl (C=O) groups excluding carboxylic acids is 2. The van der Waals surface area contributed by atoms with Crippen LogP contribution in [0.4, 0.5) is 11.4 Å². The van der Waals surface area contributed by atoms with E-state index in [0.717, 1.165) is 12.4 Å². The average Bonchev–Trinajstić information content (AvgIpc) is 2.20. The quantitative estimate of drug-likeness (QED) is 0.226. The van der Waals surface area contributed by atoms with Gasteiger partial charge in [-0.3, -0.25) is 10.1 Å². The fourth-order valence-electron chi connectivity index (χ4n) is 0.909. The molecule has 0 saturated heterocycles. The smallest absolute Gasteiger partial charge is 0.870 e. The van der Waals surface area contributed by atoms with E-state index in [1.165, 1.54) is 12.1 Å². The van der Waals surface area contributed by atoms with Crippen molar-refractivity contribution in [2.45, 2.75) is 0 Å². The summed E-state index contributed by atoms with van der Waals surface area (Å²) >= 11 is 5.54. The van der Waals surface area contributed by atoms with Crippen LogP contribution < -0.4 is 34.9 Å². The van der Waals surface area contributed by atoms with Crippen molar-refractivity contribution in [3.05, 3.63) is 33.3 Å². The Hall–Kier alpha value is -0.990. The number of hydrogen-bond donors (Lipinski definition) is 1. The Kier molecular flexibility index (Phi) is 8.81. The maximum atomic E-state index is 10.7. The van der Waals surface area contributed by atoms with Gasteiger partial charge in [0.1, 0.15) is 11.6 Å². The van der Waals surface area contributed by atoms with Crippen molar-refractivity contribution in [2.24, 2.45) is 0 Å². The number of nitro groups is 1. The van der Waals surface area contributed by atoms with Gasteiger partial charge in [-0.15, -0.1) is 0 Å². The summed E-state index contributed by atoms with van der Waals surface area (Å²) in [4.78, 5) is 30.4. The second kappa shape index (κ2) is 8.15. The number of nitrogens with one attached hydrogen (secondary N) is 1. The van der Waals surface area contributed by atoms with Crippen LogP contribution in [0, 0.1) is 10.1 Å². The van der Waals surface area contributed by atoms with Crippen molar-refractivity contribution in [3.63, 3.8) is 0 Å². The molecule has 9 heteroatoms. The number of amides is 1. The number of nitrogens with zero attached hydrogens (tertiary/aromatic N) is 1. The Balaban J connectivity index is 0. The molecule has 0 spiro atoms. The summed E-state index contributed by atoms with van der Waals surface area (Å²) in [6.07, 6.45) is 1.04. The van der Waals surface area contributed by atoms with E-state index in [0.29, 0.717) is 0 Å². The molecule has 1 amide bonds. The molecular weight excluding hydrogens is 263 g/mol. The minimum Gasteiger partial charge on any atom is -0.870 e. The molecule has 1 aromatic rings. The van der Waals surface area contributed by atoms with Gasteiger partial charge in [0.2, 0.25) is 0 Å². The van der Waals surface area contributed by atoms with Crippen LogP contribution in [0.5, 0.6) is 0 Å². The zero-order chi connectivity index (χ0) is 11.4. The first-order valence-electron chi connectivity index (χ1n) is 3.67. The van der Waals surface area contributed by atoms with E-state index in [1.807, 2.05) is 5.32 Å². The third-order valence-electron chi connectivity index (χ3n) is 1.50. The molecule has 0 unspecified atom stereocenters. The van der Waals surface area contributed by atoms with Gasteiger partial charge in [0.05, 0.1) is 4.92 Å². The number of rotatable bonds is 3. The molecule has 0 radical (unpaired) electrons. The second-order valence-corrected chi connectivity index (χ2v) is 2.91. The molecule has 0 aromatic heterocycles. The van der Waals surface area contributed by atoms with Crippen molar-refractivity contribution < 1.29 is 49.5 Å². The summed E-state index contributed by atoms with van der Waals surface area (Å²) in [5.74, 6) is -1.08. The van der Waals surface area contributed by atoms with E-state index in [2.05, 4.69) is 0 Å². The molecule has 1 rings (SSSR count). The minimum atomic E-state index is -1.08. The average molecular weight is 268 g/mol. The summed E-state index contributed by atoms with van der Waals surface area (Å²) in [5, 5.41) is 12.7. The van der Waals surface area contributed by atoms with Gasteiger partial charge in [0, 0.05) is 11.1 Å². The maximum Gasteiger partial charge on any atom is 1.00 e. The Morgan fingerprint density at radius 1 is 1.47 bits per heavy atom. The first kappa shape index (κ1) is 18.4. The third kappa shape index (κ3) is 5.24. The molecule has 7 nitrogen and oxygen atoms in total. The molecule has 0 bridgehead atoms. The van der Waals surface area contributed by atoms with Crippen molar-refractivity contribution >= 4 is 35.2 Å². The maximum absolute atomic E-state index is 10.7. The number of benzene rings is 1. The van der Waals surface area contributed by atoms with Crippen LogP contribution in [0.3, 0.4) is 0 Å². The van der Waals surface area contributed by atoms with Gasteiger partial charge in [-0.05, 0) is 12.1 Å². The number of hydrogen-bond acceptors (Lipinski definition) is 5. The topological polar surface area (TPSA) is 119 Å². The predicted octanol–water partition coefficient (Wildman–Crippen LogP) is -1.88. The van der Waals surface area contributed by atoms with Crippen molar-refractivity contribution in [1.29, 1.82) is 0 Å². The fourth-order valence-corrected chi connectivity index (χ4v) is 1.08. The molecule has 0 aliphatic heterocycles. The normalized spacial score (nSPS) is 8.29.